The van der Waals surface area contributed by atoms with E-state index < -0.39 is 0 Å². The SMILES string of the molecule is COc1ccc(CCNC(=O)c2ccc3c(c2)c(C)c(C)n3Cc2ccc(F)cc2)cc1OC. The van der Waals surface area contributed by atoms with Gasteiger partial charge in [0.2, 0.25) is 0 Å². The molecule has 0 saturated carbocycles. The summed E-state index contributed by atoms with van der Waals surface area (Å²) in [5, 5.41) is 4.06. The maximum atomic E-state index is 13.3. The first-order valence-corrected chi connectivity index (χ1v) is 11.2. The van der Waals surface area contributed by atoms with Gasteiger partial charge in [-0.3, -0.25) is 4.79 Å². The fourth-order valence-corrected chi connectivity index (χ4v) is 4.23. The number of ether oxygens (including phenoxy) is 2. The summed E-state index contributed by atoms with van der Waals surface area (Å²) in [4.78, 5) is 12.8. The summed E-state index contributed by atoms with van der Waals surface area (Å²) < 4.78 is 26.1. The van der Waals surface area contributed by atoms with Crippen LogP contribution in [0.1, 0.15) is 32.7 Å². The molecule has 0 unspecified atom stereocenters. The Morgan fingerprint density at radius 3 is 2.32 bits per heavy atom. The van der Waals surface area contributed by atoms with Crippen molar-refractivity contribution < 1.29 is 18.7 Å². The van der Waals surface area contributed by atoms with Crippen molar-refractivity contribution in [2.45, 2.75) is 26.8 Å². The van der Waals surface area contributed by atoms with Gasteiger partial charge in [-0.05, 0) is 79.4 Å². The van der Waals surface area contributed by atoms with Gasteiger partial charge in [-0.25, -0.2) is 4.39 Å². The van der Waals surface area contributed by atoms with Crippen molar-refractivity contribution in [3.8, 4) is 11.5 Å². The monoisotopic (exact) mass is 460 g/mol. The molecule has 34 heavy (non-hydrogen) atoms. The van der Waals surface area contributed by atoms with E-state index in [4.69, 9.17) is 9.47 Å². The van der Waals surface area contributed by atoms with Crippen molar-refractivity contribution in [2.75, 3.05) is 20.8 Å². The van der Waals surface area contributed by atoms with E-state index in [9.17, 15) is 9.18 Å². The van der Waals surface area contributed by atoms with Gasteiger partial charge in [0.05, 0.1) is 14.2 Å². The zero-order chi connectivity index (χ0) is 24.2. The number of carbonyl (C=O) groups is 1. The summed E-state index contributed by atoms with van der Waals surface area (Å²) in [6.07, 6.45) is 0.681. The molecule has 0 aliphatic carbocycles. The maximum absolute atomic E-state index is 13.3. The van der Waals surface area contributed by atoms with Gasteiger partial charge in [0.25, 0.3) is 5.91 Å². The van der Waals surface area contributed by atoms with Gasteiger partial charge in [0, 0.05) is 35.2 Å². The van der Waals surface area contributed by atoms with Crippen LogP contribution in [0.5, 0.6) is 11.5 Å². The third-order valence-corrected chi connectivity index (χ3v) is 6.30. The second-order valence-electron chi connectivity index (χ2n) is 8.35. The van der Waals surface area contributed by atoms with E-state index in [1.165, 1.54) is 12.1 Å². The molecule has 0 saturated heterocycles. The summed E-state index contributed by atoms with van der Waals surface area (Å²) in [6, 6.07) is 18.1. The van der Waals surface area contributed by atoms with E-state index in [0.29, 0.717) is 36.6 Å². The largest absolute Gasteiger partial charge is 0.493 e. The molecule has 0 spiro atoms. The lowest BCUT2D eigenvalue weighted by Crippen LogP contribution is -2.25. The Kier molecular flexibility index (Phi) is 6.87. The minimum absolute atomic E-state index is 0.106. The number of halogens is 1. The van der Waals surface area contributed by atoms with Crippen LogP contribution in [0.2, 0.25) is 0 Å². The number of fused-ring (bicyclic) bond motifs is 1. The highest BCUT2D eigenvalue weighted by Gasteiger charge is 2.14. The lowest BCUT2D eigenvalue weighted by Gasteiger charge is -2.11. The van der Waals surface area contributed by atoms with Gasteiger partial charge in [-0.1, -0.05) is 18.2 Å². The van der Waals surface area contributed by atoms with Crippen molar-refractivity contribution >= 4 is 16.8 Å². The number of methoxy groups -OCH3 is 2. The summed E-state index contributed by atoms with van der Waals surface area (Å²) in [5.74, 6) is 1.01. The van der Waals surface area contributed by atoms with Crippen molar-refractivity contribution in [1.29, 1.82) is 0 Å². The number of aromatic nitrogens is 1. The van der Waals surface area contributed by atoms with Crippen LogP contribution in [-0.2, 0) is 13.0 Å². The molecule has 0 atom stereocenters. The topological polar surface area (TPSA) is 52.5 Å². The van der Waals surface area contributed by atoms with Gasteiger partial charge in [-0.15, -0.1) is 0 Å². The van der Waals surface area contributed by atoms with Gasteiger partial charge < -0.3 is 19.4 Å². The molecule has 5 nitrogen and oxygen atoms in total. The van der Waals surface area contributed by atoms with Crippen LogP contribution >= 0.6 is 0 Å². The molecule has 1 heterocycles. The molecule has 1 aromatic heterocycles. The number of hydrogen-bond acceptors (Lipinski definition) is 3. The van der Waals surface area contributed by atoms with Crippen molar-refractivity contribution in [3.63, 3.8) is 0 Å². The van der Waals surface area contributed by atoms with Crippen LogP contribution in [-0.4, -0.2) is 31.2 Å². The van der Waals surface area contributed by atoms with E-state index in [1.54, 1.807) is 26.4 Å². The standard InChI is InChI=1S/C28H29FN2O3/c1-18-19(2)31(17-21-5-9-23(29)10-6-21)25-11-8-22(16-24(18)25)28(32)30-14-13-20-7-12-26(33-3)27(15-20)34-4/h5-12,15-16H,13-14,17H2,1-4H3,(H,30,32). The third-order valence-electron chi connectivity index (χ3n) is 6.30. The summed E-state index contributed by atoms with van der Waals surface area (Å²) in [7, 11) is 3.21. The average molecular weight is 461 g/mol. The summed E-state index contributed by atoms with van der Waals surface area (Å²) in [6.45, 7) is 5.29. The van der Waals surface area contributed by atoms with Crippen LogP contribution < -0.4 is 14.8 Å². The number of amides is 1. The first-order chi connectivity index (χ1) is 16.4. The molecule has 4 rings (SSSR count). The van der Waals surface area contributed by atoms with E-state index in [2.05, 4.69) is 23.7 Å². The summed E-state index contributed by atoms with van der Waals surface area (Å²) in [5.41, 5.74) is 6.03. The van der Waals surface area contributed by atoms with E-state index in [0.717, 1.165) is 33.3 Å². The zero-order valence-corrected chi connectivity index (χ0v) is 19.9. The van der Waals surface area contributed by atoms with Crippen LogP contribution in [0.4, 0.5) is 4.39 Å². The molecule has 1 N–H and O–H groups in total. The smallest absolute Gasteiger partial charge is 0.251 e. The minimum atomic E-state index is -0.240. The van der Waals surface area contributed by atoms with Gasteiger partial charge in [-0.2, -0.15) is 0 Å². The Morgan fingerprint density at radius 2 is 1.62 bits per heavy atom. The van der Waals surface area contributed by atoms with Gasteiger partial charge in [0.1, 0.15) is 5.82 Å². The average Bonchev–Trinajstić information content (AvgIpc) is 3.09. The number of rotatable bonds is 8. The zero-order valence-electron chi connectivity index (χ0n) is 19.9. The highest BCUT2D eigenvalue weighted by Crippen LogP contribution is 2.28. The number of aryl methyl sites for hydroxylation is 1. The van der Waals surface area contributed by atoms with Crippen molar-refractivity contribution in [3.05, 3.63) is 94.4 Å². The molecule has 3 aromatic carbocycles. The van der Waals surface area contributed by atoms with E-state index in [1.807, 2.05) is 36.4 Å². The number of hydrogen-bond donors (Lipinski definition) is 1. The Hall–Kier alpha value is -3.80. The van der Waals surface area contributed by atoms with Crippen LogP contribution in [0, 0.1) is 19.7 Å². The van der Waals surface area contributed by atoms with Crippen molar-refractivity contribution in [1.82, 2.24) is 9.88 Å². The Balaban J connectivity index is 1.47. The normalized spacial score (nSPS) is 11.0. The molecule has 0 bridgehead atoms. The van der Waals surface area contributed by atoms with E-state index >= 15 is 0 Å². The quantitative estimate of drug-likeness (QED) is 0.381. The van der Waals surface area contributed by atoms with Crippen LogP contribution in [0.15, 0.2) is 60.7 Å². The molecule has 1 amide bonds. The summed E-state index contributed by atoms with van der Waals surface area (Å²) >= 11 is 0. The Labute approximate surface area is 199 Å². The number of nitrogens with zero attached hydrogens (tertiary/aromatic N) is 1. The molecule has 176 valence electrons. The van der Waals surface area contributed by atoms with Gasteiger partial charge in [0.15, 0.2) is 11.5 Å². The molecular formula is C28H29FN2O3. The lowest BCUT2D eigenvalue weighted by atomic mass is 10.1. The predicted molar refractivity (Wildman–Crippen MR) is 132 cm³/mol. The molecular weight excluding hydrogens is 431 g/mol. The maximum Gasteiger partial charge on any atom is 0.251 e. The molecule has 0 fully saturated rings. The predicted octanol–water partition coefficient (Wildman–Crippen LogP) is 5.44. The lowest BCUT2D eigenvalue weighted by molar-refractivity contribution is 0.0954. The fraction of sp³-hybridized carbons (Fsp3) is 0.250. The molecule has 4 aromatic rings. The molecule has 0 radical (unpaired) electrons. The highest BCUT2D eigenvalue weighted by molar-refractivity contribution is 5.99. The molecule has 0 aliphatic rings. The number of benzene rings is 3. The number of carbonyl (C=O) groups excluding carboxylic acids is 1. The Morgan fingerprint density at radius 1 is 0.912 bits per heavy atom. The van der Waals surface area contributed by atoms with Crippen LogP contribution in [0.25, 0.3) is 10.9 Å². The molecule has 6 heteroatoms. The Bertz CT molecular complexity index is 1330. The first-order valence-electron chi connectivity index (χ1n) is 11.2. The van der Waals surface area contributed by atoms with Crippen molar-refractivity contribution in [2.24, 2.45) is 0 Å². The fourth-order valence-electron chi connectivity index (χ4n) is 4.23. The number of nitrogens with one attached hydrogen (secondary N) is 1. The minimum Gasteiger partial charge on any atom is -0.493 e. The van der Waals surface area contributed by atoms with E-state index in [-0.39, 0.29) is 11.7 Å². The third kappa shape index (κ3) is 4.76. The second kappa shape index (κ2) is 10.00. The highest BCUT2D eigenvalue weighted by atomic mass is 19.1. The molecule has 0 aliphatic heterocycles. The van der Waals surface area contributed by atoms with Crippen LogP contribution in [0.3, 0.4) is 0 Å². The first kappa shape index (κ1) is 23.4. The second-order valence-corrected chi connectivity index (χ2v) is 8.35. The van der Waals surface area contributed by atoms with Gasteiger partial charge >= 0.3 is 0 Å².